The van der Waals surface area contributed by atoms with Crippen LogP contribution in [0.5, 0.6) is 0 Å². The number of pyridine rings is 1. The van der Waals surface area contributed by atoms with E-state index in [-0.39, 0.29) is 0 Å². The van der Waals surface area contributed by atoms with Crippen LogP contribution >= 0.6 is 0 Å². The highest BCUT2D eigenvalue weighted by Gasteiger charge is 2.18. The van der Waals surface area contributed by atoms with E-state index in [1.165, 1.54) is 21.5 Å². The van der Waals surface area contributed by atoms with E-state index < -0.39 is 0 Å². The number of rotatable bonds is 3. The van der Waals surface area contributed by atoms with Gasteiger partial charge in [-0.15, -0.1) is 0 Å². The first kappa shape index (κ1) is 18.5. The first-order valence-electron chi connectivity index (χ1n) is 10.7. The van der Waals surface area contributed by atoms with E-state index in [9.17, 15) is 0 Å². The fourth-order valence-corrected chi connectivity index (χ4v) is 4.71. The summed E-state index contributed by atoms with van der Waals surface area (Å²) in [7, 11) is 0. The van der Waals surface area contributed by atoms with Crippen LogP contribution < -0.4 is 5.73 Å². The van der Waals surface area contributed by atoms with Gasteiger partial charge in [0, 0.05) is 27.7 Å². The average Bonchev–Trinajstić information content (AvgIpc) is 3.34. The Morgan fingerprint density at radius 2 is 1.41 bits per heavy atom. The second-order valence-corrected chi connectivity index (χ2v) is 7.90. The zero-order valence-corrected chi connectivity index (χ0v) is 17.7. The van der Waals surface area contributed by atoms with E-state index >= 15 is 0 Å². The Hall–Kier alpha value is -4.31. The van der Waals surface area contributed by atoms with E-state index in [1.807, 2.05) is 43.5 Å². The summed E-state index contributed by atoms with van der Waals surface area (Å²) in [5, 5.41) is 4.73. The Kier molecular flexibility index (Phi) is 4.12. The predicted molar refractivity (Wildman–Crippen MR) is 135 cm³/mol. The second-order valence-electron chi connectivity index (χ2n) is 7.90. The van der Waals surface area contributed by atoms with Gasteiger partial charge in [-0.3, -0.25) is 9.13 Å². The number of nitrogens with zero attached hydrogens (tertiary/aromatic N) is 3. The molecular weight excluding hydrogens is 392 g/mol. The molecule has 0 aliphatic carbocycles. The molecule has 32 heavy (non-hydrogen) atoms. The molecule has 0 aliphatic rings. The van der Waals surface area contributed by atoms with Gasteiger partial charge >= 0.3 is 0 Å². The number of hydrogen-bond acceptors (Lipinski definition) is 2. The molecule has 2 N–H and O–H groups in total. The van der Waals surface area contributed by atoms with Gasteiger partial charge in [0.25, 0.3) is 0 Å². The third-order valence-corrected chi connectivity index (χ3v) is 6.06. The van der Waals surface area contributed by atoms with Gasteiger partial charge < -0.3 is 5.73 Å². The van der Waals surface area contributed by atoms with Crippen LogP contribution in [0.15, 0.2) is 103 Å². The predicted octanol–water partition coefficient (Wildman–Crippen LogP) is 6.62. The number of hydrogen-bond donors (Lipinski definition) is 1. The van der Waals surface area contributed by atoms with Gasteiger partial charge in [-0.1, -0.05) is 54.6 Å². The summed E-state index contributed by atoms with van der Waals surface area (Å²) in [6, 6.07) is 27.5. The molecule has 0 amide bonds. The third-order valence-electron chi connectivity index (χ3n) is 6.06. The number of aromatic nitrogens is 3. The Morgan fingerprint density at radius 1 is 0.750 bits per heavy atom. The zero-order valence-electron chi connectivity index (χ0n) is 17.7. The van der Waals surface area contributed by atoms with Crippen LogP contribution in [0.1, 0.15) is 6.92 Å². The Balaban J connectivity index is 1.82. The number of nitrogens with two attached hydrogens (primary N) is 1. The van der Waals surface area contributed by atoms with Crippen molar-refractivity contribution in [3.63, 3.8) is 0 Å². The van der Waals surface area contributed by atoms with Crippen LogP contribution in [0, 0.1) is 0 Å². The van der Waals surface area contributed by atoms with E-state index in [0.717, 1.165) is 27.9 Å². The molecule has 3 aromatic heterocycles. The lowest BCUT2D eigenvalue weighted by Gasteiger charge is -2.08. The molecule has 154 valence electrons. The maximum absolute atomic E-state index is 6.57. The minimum absolute atomic E-state index is 0.696. The van der Waals surface area contributed by atoms with Gasteiger partial charge in [0.1, 0.15) is 11.6 Å². The van der Waals surface area contributed by atoms with Crippen molar-refractivity contribution in [2.24, 2.45) is 5.73 Å². The van der Waals surface area contributed by atoms with Gasteiger partial charge in [-0.2, -0.15) is 0 Å². The third kappa shape index (κ3) is 2.59. The molecular formula is C28H22N4. The lowest BCUT2D eigenvalue weighted by molar-refractivity contribution is 1.08. The van der Waals surface area contributed by atoms with Crippen LogP contribution in [0.25, 0.3) is 55.3 Å². The summed E-state index contributed by atoms with van der Waals surface area (Å²) in [6.45, 7) is 1.99. The summed E-state index contributed by atoms with van der Waals surface area (Å²) in [5.41, 5.74) is 11.0. The molecule has 6 aromatic rings. The molecule has 3 aromatic carbocycles. The maximum Gasteiger partial charge on any atom is 0.137 e. The molecule has 0 radical (unpaired) electrons. The van der Waals surface area contributed by atoms with Gasteiger partial charge in [0.05, 0.1) is 22.1 Å². The molecule has 0 bridgehead atoms. The molecule has 0 saturated carbocycles. The molecule has 0 saturated heterocycles. The van der Waals surface area contributed by atoms with E-state index in [1.54, 1.807) is 0 Å². The Bertz CT molecular complexity index is 1680. The largest absolute Gasteiger partial charge is 0.385 e. The monoisotopic (exact) mass is 414 g/mol. The van der Waals surface area contributed by atoms with E-state index in [2.05, 4.69) is 80.8 Å². The van der Waals surface area contributed by atoms with Crippen molar-refractivity contribution in [2.45, 2.75) is 6.92 Å². The van der Waals surface area contributed by atoms with E-state index in [0.29, 0.717) is 5.82 Å². The average molecular weight is 415 g/mol. The summed E-state index contributed by atoms with van der Waals surface area (Å²) >= 11 is 0. The van der Waals surface area contributed by atoms with Crippen LogP contribution in [0.3, 0.4) is 0 Å². The van der Waals surface area contributed by atoms with Crippen molar-refractivity contribution in [3.05, 3.63) is 103 Å². The second kappa shape index (κ2) is 7.13. The maximum atomic E-state index is 6.57. The van der Waals surface area contributed by atoms with Crippen molar-refractivity contribution >= 4 is 49.4 Å². The van der Waals surface area contributed by atoms with Crippen molar-refractivity contribution in [2.75, 3.05) is 0 Å². The van der Waals surface area contributed by atoms with Gasteiger partial charge in [-0.25, -0.2) is 4.98 Å². The number of para-hydroxylation sites is 2. The van der Waals surface area contributed by atoms with Crippen LogP contribution in [-0.4, -0.2) is 14.1 Å². The van der Waals surface area contributed by atoms with Gasteiger partial charge in [-0.05, 0) is 49.4 Å². The van der Waals surface area contributed by atoms with Crippen molar-refractivity contribution in [3.8, 4) is 5.82 Å². The fraction of sp³-hybridized carbons (Fsp3) is 0.0357. The van der Waals surface area contributed by atoms with Crippen LogP contribution in [0.4, 0.5) is 0 Å². The molecule has 6 rings (SSSR count). The van der Waals surface area contributed by atoms with Crippen LogP contribution in [-0.2, 0) is 0 Å². The number of benzene rings is 3. The lowest BCUT2D eigenvalue weighted by atomic mass is 10.1. The Labute approximate surface area is 185 Å². The van der Waals surface area contributed by atoms with Crippen molar-refractivity contribution in [1.82, 2.24) is 14.1 Å². The fourth-order valence-electron chi connectivity index (χ4n) is 4.71. The molecule has 0 spiro atoms. The summed E-state index contributed by atoms with van der Waals surface area (Å²) in [4.78, 5) is 4.65. The molecule has 3 heterocycles. The zero-order chi connectivity index (χ0) is 21.7. The smallest absolute Gasteiger partial charge is 0.137 e. The first-order valence-corrected chi connectivity index (χ1v) is 10.7. The quantitative estimate of drug-likeness (QED) is 0.331. The first-order chi connectivity index (χ1) is 15.8. The SMILES string of the molecule is C/C=C\C=C(/N)n1c2ccccc2c2cc3c(cc21)c1ccccc1n3-c1ccccn1. The minimum atomic E-state index is 0.696. The topological polar surface area (TPSA) is 48.8 Å². The van der Waals surface area contributed by atoms with Gasteiger partial charge in [0.2, 0.25) is 0 Å². The molecule has 0 fully saturated rings. The van der Waals surface area contributed by atoms with Crippen LogP contribution in [0.2, 0.25) is 0 Å². The van der Waals surface area contributed by atoms with E-state index in [4.69, 9.17) is 5.73 Å². The van der Waals surface area contributed by atoms with Crippen molar-refractivity contribution < 1.29 is 0 Å². The number of allylic oxidation sites excluding steroid dienone is 3. The highest BCUT2D eigenvalue weighted by atomic mass is 15.1. The molecule has 0 atom stereocenters. The normalized spacial score (nSPS) is 12.7. The highest BCUT2D eigenvalue weighted by molar-refractivity contribution is 6.19. The minimum Gasteiger partial charge on any atom is -0.385 e. The summed E-state index contributed by atoms with van der Waals surface area (Å²) in [6.07, 6.45) is 7.75. The van der Waals surface area contributed by atoms with Crippen molar-refractivity contribution in [1.29, 1.82) is 0 Å². The standard InChI is InChI=1S/C28H22N4/c1-2-3-14-27(29)31-23-12-6-4-10-19(23)21-18-26-22(17-25(21)31)20-11-5-7-13-24(20)32(26)28-15-8-9-16-30-28/h2-18H,29H2,1H3/b3-2-,27-14+. The molecule has 4 nitrogen and oxygen atoms in total. The highest BCUT2D eigenvalue weighted by Crippen LogP contribution is 2.38. The number of fused-ring (bicyclic) bond motifs is 6. The van der Waals surface area contributed by atoms with Gasteiger partial charge in [0.15, 0.2) is 0 Å². The summed E-state index contributed by atoms with van der Waals surface area (Å²) < 4.78 is 4.40. The summed E-state index contributed by atoms with van der Waals surface area (Å²) in [5.74, 6) is 1.61. The molecule has 0 aliphatic heterocycles. The molecule has 4 heteroatoms. The lowest BCUT2D eigenvalue weighted by Crippen LogP contribution is -2.05. The molecule has 0 unspecified atom stereocenters. The Morgan fingerprint density at radius 3 is 2.16 bits per heavy atom.